The van der Waals surface area contributed by atoms with E-state index in [4.69, 9.17) is 11.5 Å². The third-order valence-electron chi connectivity index (χ3n) is 2.79. The van der Waals surface area contributed by atoms with Gasteiger partial charge in [0, 0.05) is 18.0 Å². The molecule has 1 amide bonds. The second-order valence-corrected chi connectivity index (χ2v) is 5.00. The molecule has 1 aliphatic rings. The van der Waals surface area contributed by atoms with Crippen molar-refractivity contribution in [1.29, 1.82) is 0 Å². The first-order chi connectivity index (χ1) is 8.26. The van der Waals surface area contributed by atoms with Gasteiger partial charge in [0.15, 0.2) is 0 Å². The largest absolute Gasteiger partial charge is 0.330 e. The van der Waals surface area contributed by atoms with E-state index < -0.39 is 0 Å². The van der Waals surface area contributed by atoms with Crippen LogP contribution in [0.1, 0.15) is 12.0 Å². The lowest BCUT2D eigenvalue weighted by molar-refractivity contribution is -0.116. The first-order valence-corrected chi connectivity index (χ1v) is 6.71. The fraction of sp³-hybridized carbons (Fsp3) is 0.417. The maximum Gasteiger partial charge on any atom is 0.237 e. The highest BCUT2D eigenvalue weighted by Crippen LogP contribution is 2.35. The van der Waals surface area contributed by atoms with Crippen LogP contribution in [0.5, 0.6) is 0 Å². The highest BCUT2D eigenvalue weighted by atomic mass is 32.2. The van der Waals surface area contributed by atoms with Gasteiger partial charge in [0.25, 0.3) is 0 Å². The molecule has 0 unspecified atom stereocenters. The Hall–Kier alpha value is -1.04. The van der Waals surface area contributed by atoms with Crippen LogP contribution in [0.2, 0.25) is 0 Å². The zero-order chi connectivity index (χ0) is 12.3. The molecule has 0 fully saturated rings. The molecule has 2 rings (SSSR count). The first-order valence-electron chi connectivity index (χ1n) is 5.72. The van der Waals surface area contributed by atoms with E-state index in [9.17, 15) is 4.79 Å². The number of rotatable bonds is 4. The van der Waals surface area contributed by atoms with Crippen LogP contribution < -0.4 is 16.4 Å². The van der Waals surface area contributed by atoms with Crippen molar-refractivity contribution in [1.82, 2.24) is 0 Å². The van der Waals surface area contributed by atoms with Crippen LogP contribution in [0.4, 0.5) is 5.69 Å². The molecule has 0 saturated heterocycles. The van der Waals surface area contributed by atoms with Crippen LogP contribution in [-0.2, 0) is 11.3 Å². The fourth-order valence-corrected chi connectivity index (χ4v) is 2.79. The molecule has 1 heterocycles. The summed E-state index contributed by atoms with van der Waals surface area (Å²) < 4.78 is 0. The number of hydrogen-bond acceptors (Lipinski definition) is 4. The quantitative estimate of drug-likeness (QED) is 0.835. The molecule has 0 radical (unpaired) electrons. The van der Waals surface area contributed by atoms with Crippen molar-refractivity contribution in [3.8, 4) is 0 Å². The number of hydrogen-bond donors (Lipinski definition) is 2. The van der Waals surface area contributed by atoms with Gasteiger partial charge in [0.05, 0.1) is 11.4 Å². The average molecular weight is 251 g/mol. The lowest BCUT2D eigenvalue weighted by atomic mass is 10.1. The number of anilines is 1. The fourth-order valence-electron chi connectivity index (χ4n) is 1.87. The average Bonchev–Trinajstić information content (AvgIpc) is 2.37. The van der Waals surface area contributed by atoms with Crippen molar-refractivity contribution in [2.45, 2.75) is 17.9 Å². The molecule has 0 bridgehead atoms. The Kier molecular flexibility index (Phi) is 4.04. The summed E-state index contributed by atoms with van der Waals surface area (Å²) in [6.45, 7) is 1.79. The van der Waals surface area contributed by atoms with E-state index >= 15 is 0 Å². The molecule has 1 aliphatic heterocycles. The van der Waals surface area contributed by atoms with Crippen LogP contribution >= 0.6 is 11.8 Å². The third-order valence-corrected chi connectivity index (χ3v) is 3.84. The summed E-state index contributed by atoms with van der Waals surface area (Å²) >= 11 is 1.59. The Morgan fingerprint density at radius 2 is 2.18 bits per heavy atom. The van der Waals surface area contributed by atoms with Gasteiger partial charge in [0.1, 0.15) is 0 Å². The Morgan fingerprint density at radius 3 is 2.88 bits per heavy atom. The minimum Gasteiger partial charge on any atom is -0.330 e. The van der Waals surface area contributed by atoms with E-state index in [0.29, 0.717) is 25.4 Å². The summed E-state index contributed by atoms with van der Waals surface area (Å²) in [7, 11) is 0. The summed E-state index contributed by atoms with van der Waals surface area (Å²) in [6, 6.07) is 6.07. The highest BCUT2D eigenvalue weighted by molar-refractivity contribution is 8.00. The predicted molar refractivity (Wildman–Crippen MR) is 71.1 cm³/mol. The van der Waals surface area contributed by atoms with Crippen LogP contribution in [0, 0.1) is 0 Å². The van der Waals surface area contributed by atoms with E-state index in [2.05, 4.69) is 0 Å². The molecule has 1 aromatic rings. The lowest BCUT2D eigenvalue weighted by Gasteiger charge is -2.29. The summed E-state index contributed by atoms with van der Waals surface area (Å²) in [6.07, 6.45) is 0.822. The number of benzene rings is 1. The van der Waals surface area contributed by atoms with Crippen molar-refractivity contribution in [3.05, 3.63) is 23.8 Å². The third kappa shape index (κ3) is 2.62. The van der Waals surface area contributed by atoms with E-state index in [1.54, 1.807) is 11.8 Å². The number of carbonyl (C=O) groups excluding carboxylic acids is 1. The molecule has 4 N–H and O–H groups in total. The summed E-state index contributed by atoms with van der Waals surface area (Å²) in [4.78, 5) is 14.9. The monoisotopic (exact) mass is 251 g/mol. The van der Waals surface area contributed by atoms with Gasteiger partial charge in [-0.15, -0.1) is 11.8 Å². The van der Waals surface area contributed by atoms with Gasteiger partial charge in [-0.1, -0.05) is 6.07 Å². The van der Waals surface area contributed by atoms with Crippen molar-refractivity contribution in [3.63, 3.8) is 0 Å². The number of nitrogens with zero attached hydrogens (tertiary/aromatic N) is 1. The van der Waals surface area contributed by atoms with Crippen LogP contribution in [0.3, 0.4) is 0 Å². The molecule has 0 saturated carbocycles. The van der Waals surface area contributed by atoms with Crippen LogP contribution in [-0.4, -0.2) is 24.7 Å². The van der Waals surface area contributed by atoms with E-state index in [-0.39, 0.29) is 5.91 Å². The Morgan fingerprint density at radius 1 is 1.35 bits per heavy atom. The van der Waals surface area contributed by atoms with Gasteiger partial charge in [-0.3, -0.25) is 4.79 Å². The summed E-state index contributed by atoms with van der Waals surface area (Å²) in [5.74, 6) is 0.671. The minimum absolute atomic E-state index is 0.158. The van der Waals surface area contributed by atoms with Gasteiger partial charge < -0.3 is 16.4 Å². The highest BCUT2D eigenvalue weighted by Gasteiger charge is 2.24. The second kappa shape index (κ2) is 5.53. The smallest absolute Gasteiger partial charge is 0.237 e. The molecular formula is C12H17N3OS. The molecule has 0 aliphatic carbocycles. The Bertz CT molecular complexity index is 422. The molecule has 5 heteroatoms. The molecule has 1 aromatic carbocycles. The number of fused-ring (bicyclic) bond motifs is 1. The zero-order valence-electron chi connectivity index (χ0n) is 9.69. The molecule has 0 atom stereocenters. The molecule has 0 spiro atoms. The van der Waals surface area contributed by atoms with Gasteiger partial charge in [-0.2, -0.15) is 0 Å². The maximum atomic E-state index is 11.9. The van der Waals surface area contributed by atoms with Crippen LogP contribution in [0.25, 0.3) is 0 Å². The number of amides is 1. The van der Waals surface area contributed by atoms with Crippen molar-refractivity contribution in [2.75, 3.05) is 23.7 Å². The van der Waals surface area contributed by atoms with Gasteiger partial charge in [-0.25, -0.2) is 0 Å². The van der Waals surface area contributed by atoms with Crippen molar-refractivity contribution in [2.24, 2.45) is 11.5 Å². The van der Waals surface area contributed by atoms with E-state index in [1.807, 2.05) is 23.1 Å². The van der Waals surface area contributed by atoms with Gasteiger partial charge in [-0.05, 0) is 30.7 Å². The summed E-state index contributed by atoms with van der Waals surface area (Å²) in [5, 5.41) is 0. The van der Waals surface area contributed by atoms with Crippen molar-refractivity contribution >= 4 is 23.4 Å². The topological polar surface area (TPSA) is 72.3 Å². The molecule has 0 aromatic heterocycles. The Labute approximate surface area is 105 Å². The number of carbonyl (C=O) groups is 1. The van der Waals surface area contributed by atoms with Gasteiger partial charge in [0.2, 0.25) is 5.91 Å². The molecule has 4 nitrogen and oxygen atoms in total. The second-order valence-electron chi connectivity index (χ2n) is 3.98. The SMILES string of the molecule is NCCCN1C(=O)CSc2ccc(CN)cc21. The van der Waals surface area contributed by atoms with E-state index in [1.165, 1.54) is 0 Å². The zero-order valence-corrected chi connectivity index (χ0v) is 10.5. The molecule has 17 heavy (non-hydrogen) atoms. The molecule has 92 valence electrons. The number of thioether (sulfide) groups is 1. The normalized spacial score (nSPS) is 14.9. The Balaban J connectivity index is 2.31. The minimum atomic E-state index is 0.158. The lowest BCUT2D eigenvalue weighted by Crippen LogP contribution is -2.37. The standard InChI is InChI=1S/C12H17N3OS/c13-4-1-5-15-10-6-9(7-14)2-3-11(10)17-8-12(15)16/h2-3,6H,1,4-5,7-8,13-14H2. The van der Waals surface area contributed by atoms with Crippen LogP contribution in [0.15, 0.2) is 23.1 Å². The van der Waals surface area contributed by atoms with E-state index in [0.717, 1.165) is 22.6 Å². The summed E-state index contributed by atoms with van der Waals surface area (Å²) in [5.41, 5.74) is 13.2. The maximum absolute atomic E-state index is 11.9. The predicted octanol–water partition coefficient (Wildman–Crippen LogP) is 0.933. The number of nitrogens with two attached hydrogens (primary N) is 2. The first kappa shape index (κ1) is 12.4. The van der Waals surface area contributed by atoms with Crippen molar-refractivity contribution < 1.29 is 4.79 Å². The van der Waals surface area contributed by atoms with Gasteiger partial charge >= 0.3 is 0 Å². The molecular weight excluding hydrogens is 234 g/mol.